The maximum atomic E-state index is 5.66. The minimum atomic E-state index is 0. The lowest BCUT2D eigenvalue weighted by molar-refractivity contribution is -0.133. The van der Waals surface area contributed by atoms with E-state index >= 15 is 0 Å². The van der Waals surface area contributed by atoms with Gasteiger partial charge in [-0.3, -0.25) is 0 Å². The summed E-state index contributed by atoms with van der Waals surface area (Å²) in [5.41, 5.74) is 2.43. The molecule has 3 aliphatic heterocycles. The van der Waals surface area contributed by atoms with Gasteiger partial charge in [0.1, 0.15) is 0 Å². The number of nitrogens with zero attached hydrogens (tertiary/aromatic N) is 2. The summed E-state index contributed by atoms with van der Waals surface area (Å²) in [4.78, 5) is 7.16. The minimum Gasteiger partial charge on any atom is -0.371 e. The lowest BCUT2D eigenvalue weighted by atomic mass is 9.99. The molecule has 2 unspecified atom stereocenters. The van der Waals surface area contributed by atoms with E-state index in [0.717, 1.165) is 23.7 Å². The monoisotopic (exact) mass is 322 g/mol. The Morgan fingerprint density at radius 3 is 2.27 bits per heavy atom. The van der Waals surface area contributed by atoms with Crippen molar-refractivity contribution in [3.63, 3.8) is 0 Å². The lowest BCUT2D eigenvalue weighted by Gasteiger charge is -2.46. The number of para-hydroxylation sites is 1. The van der Waals surface area contributed by atoms with E-state index in [1.54, 1.807) is 11.3 Å². The molecule has 4 heteroatoms. The van der Waals surface area contributed by atoms with Crippen molar-refractivity contribution in [3.8, 4) is 0 Å². The van der Waals surface area contributed by atoms with Crippen molar-refractivity contribution in [3.05, 3.63) is 23.8 Å². The minimum absolute atomic E-state index is 0. The van der Waals surface area contributed by atoms with Gasteiger partial charge in [0.25, 0.3) is 0 Å². The fourth-order valence-electron chi connectivity index (χ4n) is 2.72. The zero-order valence-corrected chi connectivity index (χ0v) is 14.5. The van der Waals surface area contributed by atoms with E-state index in [-0.39, 0.29) is 7.43 Å². The first-order valence-electron chi connectivity index (χ1n) is 8.06. The molecule has 5 rings (SSSR count). The summed E-state index contributed by atoms with van der Waals surface area (Å²) in [5.74, 6) is 0. The number of ether oxygens (including phenoxy) is 1. The lowest BCUT2D eigenvalue weighted by Crippen LogP contribution is -2.57. The third kappa shape index (κ3) is 3.61. The highest BCUT2D eigenvalue weighted by Crippen LogP contribution is 2.35. The fourth-order valence-corrected chi connectivity index (χ4v) is 3.78. The van der Waals surface area contributed by atoms with Gasteiger partial charge in [-0.2, -0.15) is 0 Å². The first kappa shape index (κ1) is 18.9. The van der Waals surface area contributed by atoms with E-state index in [4.69, 9.17) is 9.72 Å². The molecule has 124 valence electrons. The van der Waals surface area contributed by atoms with E-state index in [1.807, 2.05) is 27.7 Å². The zero-order chi connectivity index (χ0) is 15.4. The summed E-state index contributed by atoms with van der Waals surface area (Å²) in [6.45, 7) is 12.1. The molecule has 0 amide bonds. The van der Waals surface area contributed by atoms with Crippen LogP contribution in [-0.2, 0) is 4.74 Å². The van der Waals surface area contributed by atoms with Gasteiger partial charge in [-0.25, -0.2) is 4.98 Å². The van der Waals surface area contributed by atoms with Gasteiger partial charge in [0.15, 0.2) is 5.13 Å². The van der Waals surface area contributed by atoms with Gasteiger partial charge in [-0.15, -0.1) is 0 Å². The standard InChI is InChI=1S/C13H14N2OS.2C2H6.CH4/c1-8-3-2-4-11-12(8)14-13(17-11)15-6-9-5-10(7-15)16-9;2*1-2;/h2-4,9-10H,5-7H2,1H3;2*1-2H3;1H4. The van der Waals surface area contributed by atoms with Crippen LogP contribution in [0.3, 0.4) is 0 Å². The van der Waals surface area contributed by atoms with E-state index < -0.39 is 0 Å². The SMILES string of the molecule is C.CC.CC.Cc1cccc2sc(N3CC4CC(C3)O4)nc12. The van der Waals surface area contributed by atoms with Gasteiger partial charge in [0.2, 0.25) is 0 Å². The highest BCUT2D eigenvalue weighted by Gasteiger charge is 2.39. The van der Waals surface area contributed by atoms with Crippen LogP contribution in [0.25, 0.3) is 10.2 Å². The zero-order valence-electron chi connectivity index (χ0n) is 13.7. The molecule has 0 N–H and O–H groups in total. The molecule has 1 aromatic carbocycles. The number of anilines is 1. The molecule has 2 bridgehead atoms. The molecular weight excluding hydrogens is 292 g/mol. The molecule has 0 radical (unpaired) electrons. The highest BCUT2D eigenvalue weighted by atomic mass is 32.1. The van der Waals surface area contributed by atoms with E-state index in [2.05, 4.69) is 30.0 Å². The van der Waals surface area contributed by atoms with Crippen LogP contribution in [-0.4, -0.2) is 30.3 Å². The Kier molecular flexibility index (Phi) is 7.30. The topological polar surface area (TPSA) is 25.4 Å². The third-order valence-electron chi connectivity index (χ3n) is 3.64. The van der Waals surface area contributed by atoms with E-state index in [0.29, 0.717) is 12.2 Å². The second-order valence-corrected chi connectivity index (χ2v) is 5.95. The Bertz CT molecular complexity index is 565. The molecule has 2 atom stereocenters. The number of thiazole rings is 1. The molecule has 0 saturated carbocycles. The molecule has 0 spiro atoms. The summed E-state index contributed by atoms with van der Waals surface area (Å²) < 4.78 is 6.95. The maximum Gasteiger partial charge on any atom is 0.186 e. The Labute approximate surface area is 139 Å². The van der Waals surface area contributed by atoms with Crippen LogP contribution >= 0.6 is 11.3 Å². The van der Waals surface area contributed by atoms with Crippen LogP contribution < -0.4 is 4.90 Å². The van der Waals surface area contributed by atoms with E-state index in [1.165, 1.54) is 16.7 Å². The summed E-state index contributed by atoms with van der Waals surface area (Å²) in [6, 6.07) is 6.39. The number of morpholine rings is 1. The normalized spacial score (nSPS) is 21.6. The van der Waals surface area contributed by atoms with Crippen molar-refractivity contribution in [1.29, 1.82) is 0 Å². The summed E-state index contributed by atoms with van der Waals surface area (Å²) >= 11 is 1.80. The number of fused-ring (bicyclic) bond motifs is 3. The second kappa shape index (κ2) is 8.49. The Balaban J connectivity index is 0.000000451. The summed E-state index contributed by atoms with van der Waals surface area (Å²) in [5, 5.41) is 1.16. The van der Waals surface area contributed by atoms with Gasteiger partial charge in [-0.05, 0) is 18.6 Å². The number of piperidine rings is 1. The quantitative estimate of drug-likeness (QED) is 0.715. The van der Waals surface area contributed by atoms with Gasteiger partial charge < -0.3 is 9.64 Å². The van der Waals surface area contributed by atoms with Crippen molar-refractivity contribution in [1.82, 2.24) is 4.98 Å². The molecule has 0 aliphatic carbocycles. The number of rotatable bonds is 1. The van der Waals surface area contributed by atoms with Crippen molar-refractivity contribution >= 4 is 26.7 Å². The molecule has 4 heterocycles. The molecule has 1 aromatic heterocycles. The van der Waals surface area contributed by atoms with Gasteiger partial charge in [0.05, 0.1) is 22.4 Å². The van der Waals surface area contributed by atoms with Crippen molar-refractivity contribution < 1.29 is 4.74 Å². The van der Waals surface area contributed by atoms with Gasteiger partial charge >= 0.3 is 0 Å². The van der Waals surface area contributed by atoms with Crippen molar-refractivity contribution in [2.24, 2.45) is 0 Å². The smallest absolute Gasteiger partial charge is 0.186 e. The third-order valence-corrected chi connectivity index (χ3v) is 4.72. The van der Waals surface area contributed by atoms with Crippen LogP contribution in [0.1, 0.15) is 47.1 Å². The number of hydrogen-bond donors (Lipinski definition) is 0. The molecular formula is C18H30N2OS. The van der Waals surface area contributed by atoms with Crippen LogP contribution in [0.5, 0.6) is 0 Å². The molecule has 22 heavy (non-hydrogen) atoms. The molecule has 3 aliphatic rings. The van der Waals surface area contributed by atoms with Gasteiger partial charge in [-0.1, -0.05) is 58.6 Å². The first-order chi connectivity index (χ1) is 10.3. The Morgan fingerprint density at radius 2 is 1.73 bits per heavy atom. The van der Waals surface area contributed by atoms with Gasteiger partial charge in [0, 0.05) is 19.5 Å². The predicted molar refractivity (Wildman–Crippen MR) is 99.3 cm³/mol. The second-order valence-electron chi connectivity index (χ2n) is 4.94. The van der Waals surface area contributed by atoms with Crippen molar-refractivity contribution in [2.75, 3.05) is 18.0 Å². The average Bonchev–Trinajstić information content (AvgIpc) is 2.97. The number of aryl methyl sites for hydroxylation is 1. The molecule has 3 saturated heterocycles. The summed E-state index contributed by atoms with van der Waals surface area (Å²) in [7, 11) is 0. The van der Waals surface area contributed by atoms with Crippen LogP contribution in [0.2, 0.25) is 0 Å². The largest absolute Gasteiger partial charge is 0.371 e. The summed E-state index contributed by atoms with van der Waals surface area (Å²) in [6.07, 6.45) is 2.13. The number of benzene rings is 1. The molecule has 3 nitrogen and oxygen atoms in total. The van der Waals surface area contributed by atoms with Crippen LogP contribution in [0.4, 0.5) is 5.13 Å². The van der Waals surface area contributed by atoms with Crippen LogP contribution in [0.15, 0.2) is 18.2 Å². The Hall–Kier alpha value is -1.13. The maximum absolute atomic E-state index is 5.66. The molecule has 3 fully saturated rings. The van der Waals surface area contributed by atoms with E-state index in [9.17, 15) is 0 Å². The first-order valence-corrected chi connectivity index (χ1v) is 8.88. The number of hydrogen-bond acceptors (Lipinski definition) is 4. The average molecular weight is 323 g/mol. The molecule has 2 aromatic rings. The highest BCUT2D eigenvalue weighted by molar-refractivity contribution is 7.22. The number of aromatic nitrogens is 1. The van der Waals surface area contributed by atoms with Crippen LogP contribution in [0, 0.1) is 6.92 Å². The van der Waals surface area contributed by atoms with Crippen molar-refractivity contribution in [2.45, 2.75) is 60.7 Å². The fraction of sp³-hybridized carbons (Fsp3) is 0.611. The Morgan fingerprint density at radius 1 is 1.14 bits per heavy atom. The predicted octanol–water partition coefficient (Wildman–Crippen LogP) is 5.27.